The minimum atomic E-state index is 0.324. The highest BCUT2D eigenvalue weighted by Gasteiger charge is 2.27. The van der Waals surface area contributed by atoms with Gasteiger partial charge >= 0.3 is 0 Å². The minimum Gasteiger partial charge on any atom is -0.494 e. The second-order valence-corrected chi connectivity index (χ2v) is 7.11. The zero-order valence-corrected chi connectivity index (χ0v) is 18.9. The Morgan fingerprint density at radius 3 is 2.44 bits per heavy atom. The molecule has 1 aliphatic rings. The van der Waals surface area contributed by atoms with E-state index in [1.54, 1.807) is 7.11 Å². The molecule has 0 unspecified atom stereocenters. The summed E-state index contributed by atoms with van der Waals surface area (Å²) in [4.78, 5) is 4.95. The second kappa shape index (κ2) is 9.82. The molecule has 0 amide bonds. The third kappa shape index (κ3) is 4.18. The van der Waals surface area contributed by atoms with E-state index in [0.717, 1.165) is 34.1 Å². The Morgan fingerprint density at radius 2 is 1.69 bits per heavy atom. The van der Waals surface area contributed by atoms with Gasteiger partial charge in [-0.3, -0.25) is 9.56 Å². The van der Waals surface area contributed by atoms with Crippen molar-refractivity contribution >= 4 is 5.71 Å². The van der Waals surface area contributed by atoms with Crippen molar-refractivity contribution in [3.8, 4) is 22.9 Å². The zero-order valence-electron chi connectivity index (χ0n) is 18.9. The summed E-state index contributed by atoms with van der Waals surface area (Å²) in [6.07, 6.45) is 0. The fraction of sp³-hybridized carbons (Fsp3) is 0.375. The topological polar surface area (TPSA) is 80.0 Å². The summed E-state index contributed by atoms with van der Waals surface area (Å²) in [6.45, 7) is 8.23. The highest BCUT2D eigenvalue weighted by atomic mass is 16.5. The standard InChI is InChI=1S/C24H28N4O4/c1-5-30-17-10-8-9-16(11-17)24-23-19(12-18(31-6-2)13-20(23)32-7-3)28-21(14-25-24)26-27-22(28)15-29-4/h8-13H,5-7,14-15H2,1-4H3. The van der Waals surface area contributed by atoms with Gasteiger partial charge in [0, 0.05) is 24.8 Å². The van der Waals surface area contributed by atoms with E-state index >= 15 is 0 Å². The van der Waals surface area contributed by atoms with E-state index in [1.807, 2.05) is 61.7 Å². The number of hydrogen-bond donors (Lipinski definition) is 0. The van der Waals surface area contributed by atoms with Crippen LogP contribution in [0, 0.1) is 0 Å². The van der Waals surface area contributed by atoms with Crippen molar-refractivity contribution < 1.29 is 18.9 Å². The third-order valence-corrected chi connectivity index (χ3v) is 5.01. The zero-order chi connectivity index (χ0) is 22.5. The van der Waals surface area contributed by atoms with Crippen LogP contribution in [0.5, 0.6) is 17.2 Å². The molecule has 0 spiro atoms. The lowest BCUT2D eigenvalue weighted by atomic mass is 9.98. The molecule has 0 bridgehead atoms. The summed E-state index contributed by atoms with van der Waals surface area (Å²) in [5.41, 5.74) is 3.46. The molecule has 32 heavy (non-hydrogen) atoms. The lowest BCUT2D eigenvalue weighted by molar-refractivity contribution is 0.176. The lowest BCUT2D eigenvalue weighted by Gasteiger charge is -2.19. The molecule has 8 nitrogen and oxygen atoms in total. The van der Waals surface area contributed by atoms with E-state index in [9.17, 15) is 0 Å². The number of methoxy groups -OCH3 is 1. The van der Waals surface area contributed by atoms with Gasteiger partial charge < -0.3 is 18.9 Å². The Kier molecular flexibility index (Phi) is 6.70. The largest absolute Gasteiger partial charge is 0.494 e. The maximum atomic E-state index is 6.09. The number of hydrogen-bond acceptors (Lipinski definition) is 7. The van der Waals surface area contributed by atoms with Gasteiger partial charge in [0.2, 0.25) is 0 Å². The quantitative estimate of drug-likeness (QED) is 0.505. The molecule has 1 aromatic heterocycles. The monoisotopic (exact) mass is 436 g/mol. The number of benzene rings is 2. The number of nitrogens with zero attached hydrogens (tertiary/aromatic N) is 4. The highest BCUT2D eigenvalue weighted by Crippen LogP contribution is 2.37. The summed E-state index contributed by atoms with van der Waals surface area (Å²) in [5.74, 6) is 3.62. The van der Waals surface area contributed by atoms with Crippen molar-refractivity contribution in [2.24, 2.45) is 4.99 Å². The summed E-state index contributed by atoms with van der Waals surface area (Å²) in [5, 5.41) is 8.71. The van der Waals surface area contributed by atoms with Gasteiger partial charge in [-0.05, 0) is 32.9 Å². The van der Waals surface area contributed by atoms with Gasteiger partial charge in [0.15, 0.2) is 11.6 Å². The van der Waals surface area contributed by atoms with Gasteiger partial charge in [0.25, 0.3) is 0 Å². The van der Waals surface area contributed by atoms with Crippen molar-refractivity contribution in [3.05, 3.63) is 59.2 Å². The van der Waals surface area contributed by atoms with E-state index in [1.165, 1.54) is 0 Å². The molecule has 3 aromatic rings. The average Bonchev–Trinajstić information content (AvgIpc) is 3.10. The van der Waals surface area contributed by atoms with Crippen LogP contribution >= 0.6 is 0 Å². The van der Waals surface area contributed by atoms with Gasteiger partial charge in [-0.25, -0.2) is 0 Å². The summed E-state index contributed by atoms with van der Waals surface area (Å²) in [6, 6.07) is 11.8. The Hall–Kier alpha value is -3.39. The minimum absolute atomic E-state index is 0.324. The summed E-state index contributed by atoms with van der Waals surface area (Å²) >= 11 is 0. The molecule has 1 aliphatic heterocycles. The molecule has 0 saturated heterocycles. The van der Waals surface area contributed by atoms with E-state index in [4.69, 9.17) is 23.9 Å². The van der Waals surface area contributed by atoms with Gasteiger partial charge in [0.05, 0.1) is 36.8 Å². The van der Waals surface area contributed by atoms with E-state index in [0.29, 0.717) is 50.3 Å². The van der Waals surface area contributed by atoms with Crippen LogP contribution in [0.25, 0.3) is 5.69 Å². The summed E-state index contributed by atoms with van der Waals surface area (Å²) in [7, 11) is 1.64. The molecule has 168 valence electrons. The molecule has 2 aromatic carbocycles. The second-order valence-electron chi connectivity index (χ2n) is 7.11. The summed E-state index contributed by atoms with van der Waals surface area (Å²) < 4.78 is 25.1. The van der Waals surface area contributed by atoms with Gasteiger partial charge in [-0.1, -0.05) is 12.1 Å². The number of rotatable bonds is 9. The Morgan fingerprint density at radius 1 is 0.906 bits per heavy atom. The smallest absolute Gasteiger partial charge is 0.163 e. The Bertz CT molecular complexity index is 1120. The van der Waals surface area contributed by atoms with Crippen LogP contribution in [0.15, 0.2) is 41.4 Å². The van der Waals surface area contributed by atoms with Crippen LogP contribution in [0.3, 0.4) is 0 Å². The molecule has 0 N–H and O–H groups in total. The lowest BCUT2D eigenvalue weighted by Crippen LogP contribution is -2.13. The molecule has 0 atom stereocenters. The Labute approximate surface area is 187 Å². The molecule has 0 fully saturated rings. The fourth-order valence-corrected chi connectivity index (χ4v) is 3.83. The first-order valence-electron chi connectivity index (χ1n) is 10.8. The van der Waals surface area contributed by atoms with Crippen molar-refractivity contribution in [2.75, 3.05) is 26.9 Å². The van der Waals surface area contributed by atoms with Gasteiger partial charge in [-0.2, -0.15) is 0 Å². The maximum absolute atomic E-state index is 6.09. The van der Waals surface area contributed by atoms with Gasteiger partial charge in [-0.15, -0.1) is 10.2 Å². The number of ether oxygens (including phenoxy) is 4. The molecule has 4 rings (SSSR count). The van der Waals surface area contributed by atoms with Crippen molar-refractivity contribution in [2.45, 2.75) is 33.9 Å². The van der Waals surface area contributed by atoms with Crippen molar-refractivity contribution in [1.29, 1.82) is 0 Å². The van der Waals surface area contributed by atoms with E-state index in [2.05, 4.69) is 10.2 Å². The van der Waals surface area contributed by atoms with Crippen molar-refractivity contribution in [1.82, 2.24) is 14.8 Å². The number of aliphatic imine (C=N–C) groups is 1. The van der Waals surface area contributed by atoms with Crippen LogP contribution in [0.4, 0.5) is 0 Å². The van der Waals surface area contributed by atoms with Crippen LogP contribution in [-0.4, -0.2) is 47.4 Å². The SMILES string of the molecule is CCOc1cccc(C2=NCc3nnc(COC)n3-c3cc(OCC)cc(OCC)c32)c1. The first-order chi connectivity index (χ1) is 15.7. The van der Waals surface area contributed by atoms with Crippen LogP contribution in [0.1, 0.15) is 43.5 Å². The maximum Gasteiger partial charge on any atom is 0.163 e. The third-order valence-electron chi connectivity index (χ3n) is 5.01. The fourth-order valence-electron chi connectivity index (χ4n) is 3.83. The number of aromatic nitrogens is 3. The number of fused-ring (bicyclic) bond motifs is 3. The van der Waals surface area contributed by atoms with E-state index in [-0.39, 0.29) is 0 Å². The molecule has 0 radical (unpaired) electrons. The van der Waals surface area contributed by atoms with E-state index < -0.39 is 0 Å². The Balaban J connectivity index is 1.98. The molecular weight excluding hydrogens is 408 g/mol. The molecular formula is C24H28N4O4. The average molecular weight is 437 g/mol. The first-order valence-corrected chi connectivity index (χ1v) is 10.8. The molecule has 0 aliphatic carbocycles. The molecule has 8 heteroatoms. The van der Waals surface area contributed by atoms with Crippen molar-refractivity contribution in [3.63, 3.8) is 0 Å². The van der Waals surface area contributed by atoms with Gasteiger partial charge in [0.1, 0.15) is 30.4 Å². The first kappa shape index (κ1) is 21.8. The molecule has 0 saturated carbocycles. The predicted molar refractivity (Wildman–Crippen MR) is 121 cm³/mol. The van der Waals surface area contributed by atoms with Crippen LogP contribution in [-0.2, 0) is 17.9 Å². The molecule has 2 heterocycles. The normalized spacial score (nSPS) is 12.4. The van der Waals surface area contributed by atoms with Crippen LogP contribution in [0.2, 0.25) is 0 Å². The predicted octanol–water partition coefficient (Wildman–Crippen LogP) is 3.96. The highest BCUT2D eigenvalue weighted by molar-refractivity contribution is 6.17. The van der Waals surface area contributed by atoms with Crippen LogP contribution < -0.4 is 14.2 Å².